The number of carbonyl (C=O) groups excluding carboxylic acids is 2. The number of amides is 2. The van der Waals surface area contributed by atoms with Crippen molar-refractivity contribution in [2.24, 2.45) is 17.3 Å². The predicted octanol–water partition coefficient (Wildman–Crippen LogP) is 6.13. The van der Waals surface area contributed by atoms with Crippen LogP contribution in [0.3, 0.4) is 0 Å². The Morgan fingerprint density at radius 3 is 2.05 bits per heavy atom. The van der Waals surface area contributed by atoms with Crippen molar-refractivity contribution in [1.82, 2.24) is 15.1 Å². The van der Waals surface area contributed by atoms with Gasteiger partial charge in [0.05, 0.1) is 5.41 Å². The first-order chi connectivity index (χ1) is 17.8. The molecule has 4 rings (SSSR count). The Kier molecular flexibility index (Phi) is 8.61. The maximum absolute atomic E-state index is 14.1. The molecule has 2 saturated heterocycles. The molecule has 2 amide bonds. The second-order valence-electron chi connectivity index (χ2n) is 14.2. The van der Waals surface area contributed by atoms with Crippen molar-refractivity contribution < 1.29 is 14.0 Å². The molecule has 5 nitrogen and oxygen atoms in total. The molecule has 1 aromatic rings. The molecule has 2 aliphatic heterocycles. The first kappa shape index (κ1) is 29.0. The summed E-state index contributed by atoms with van der Waals surface area (Å²) in [5.74, 6) is 0.463. The van der Waals surface area contributed by atoms with Crippen molar-refractivity contribution in [3.8, 4) is 0 Å². The topological polar surface area (TPSA) is 52.7 Å². The molecule has 2 heterocycles. The minimum atomic E-state index is -0.379. The average Bonchev–Trinajstić information content (AvgIpc) is 2.87. The molecular weight excluding hydrogens is 477 g/mol. The predicted molar refractivity (Wildman–Crippen MR) is 151 cm³/mol. The monoisotopic (exact) mass is 527 g/mol. The van der Waals surface area contributed by atoms with E-state index < -0.39 is 0 Å². The van der Waals surface area contributed by atoms with Gasteiger partial charge in [0.1, 0.15) is 5.82 Å². The Morgan fingerprint density at radius 1 is 0.895 bits per heavy atom. The Bertz CT molecular complexity index is 964. The Balaban J connectivity index is 1.52. The van der Waals surface area contributed by atoms with Crippen LogP contribution in [0, 0.1) is 23.1 Å². The molecule has 1 saturated carbocycles. The van der Waals surface area contributed by atoms with Crippen LogP contribution in [0.1, 0.15) is 104 Å². The lowest BCUT2D eigenvalue weighted by atomic mass is 9.63. The second-order valence-corrected chi connectivity index (χ2v) is 14.2. The molecule has 1 aliphatic carbocycles. The highest BCUT2D eigenvalue weighted by atomic mass is 19.1. The molecule has 0 radical (unpaired) electrons. The largest absolute Gasteiger partial charge is 0.351 e. The quantitative estimate of drug-likeness (QED) is 0.512. The highest BCUT2D eigenvalue weighted by Crippen LogP contribution is 2.47. The number of nitrogens with zero attached hydrogens (tertiary/aromatic N) is 2. The summed E-state index contributed by atoms with van der Waals surface area (Å²) >= 11 is 0. The fourth-order valence-electron chi connectivity index (χ4n) is 7.21. The summed E-state index contributed by atoms with van der Waals surface area (Å²) in [6.45, 7) is 15.8. The van der Waals surface area contributed by atoms with Crippen LogP contribution in [-0.2, 0) is 9.59 Å². The summed E-state index contributed by atoms with van der Waals surface area (Å²) < 4.78 is 13.7. The van der Waals surface area contributed by atoms with E-state index >= 15 is 0 Å². The lowest BCUT2D eigenvalue weighted by Gasteiger charge is -2.49. The van der Waals surface area contributed by atoms with Gasteiger partial charge >= 0.3 is 0 Å². The minimum absolute atomic E-state index is 0.0113. The number of hydrogen-bond acceptors (Lipinski definition) is 3. The van der Waals surface area contributed by atoms with Crippen molar-refractivity contribution >= 4 is 11.8 Å². The van der Waals surface area contributed by atoms with Crippen LogP contribution in [0.4, 0.5) is 4.39 Å². The standard InChI is InChI=1S/C32H50FN3O2/c1-30(2,3)34-29(38)32(24-10-8-7-9-11-24)17-20-35(21-18-32)28(37)26-16-19-36(31(4,5)6)22-27(26)23-12-14-25(33)15-13-23/h12-15,24,26-27H,7-11,16-22H2,1-6H3,(H,34,38)/t26?,27-/m0/s1. The van der Waals surface area contributed by atoms with Crippen LogP contribution >= 0.6 is 0 Å². The lowest BCUT2D eigenvalue weighted by Crippen LogP contribution is -2.58. The van der Waals surface area contributed by atoms with Crippen molar-refractivity contribution in [3.63, 3.8) is 0 Å². The van der Waals surface area contributed by atoms with E-state index in [9.17, 15) is 14.0 Å². The summed E-state index contributed by atoms with van der Waals surface area (Å²) in [7, 11) is 0. The summed E-state index contributed by atoms with van der Waals surface area (Å²) in [6, 6.07) is 6.74. The highest BCUT2D eigenvalue weighted by molar-refractivity contribution is 5.85. The number of piperidine rings is 2. The van der Waals surface area contributed by atoms with E-state index in [0.717, 1.165) is 50.8 Å². The van der Waals surface area contributed by atoms with E-state index in [2.05, 4.69) is 51.8 Å². The third-order valence-corrected chi connectivity index (χ3v) is 9.47. The Hall–Kier alpha value is -1.95. The third kappa shape index (κ3) is 6.43. The molecule has 1 aromatic carbocycles. The van der Waals surface area contributed by atoms with Gasteiger partial charge in [-0.15, -0.1) is 0 Å². The van der Waals surface area contributed by atoms with Crippen LogP contribution < -0.4 is 5.32 Å². The first-order valence-corrected chi connectivity index (χ1v) is 14.9. The number of carbonyl (C=O) groups is 2. The van der Waals surface area contributed by atoms with E-state index in [4.69, 9.17) is 0 Å². The second kappa shape index (κ2) is 11.3. The number of halogens is 1. The molecule has 6 heteroatoms. The van der Waals surface area contributed by atoms with Gasteiger partial charge in [-0.1, -0.05) is 31.4 Å². The molecule has 212 valence electrons. The zero-order chi connectivity index (χ0) is 27.7. The molecule has 38 heavy (non-hydrogen) atoms. The SMILES string of the molecule is CC(C)(C)NC(=O)C1(C2CCCCC2)CCN(C(=O)C2CCN(C(C)(C)C)C[C@H]2c2ccc(F)cc2)CC1. The fourth-order valence-corrected chi connectivity index (χ4v) is 7.21. The van der Waals surface area contributed by atoms with Gasteiger partial charge in [0.2, 0.25) is 11.8 Å². The number of benzene rings is 1. The van der Waals surface area contributed by atoms with Crippen LogP contribution in [0.25, 0.3) is 0 Å². The molecular formula is C32H50FN3O2. The van der Waals surface area contributed by atoms with Gasteiger partial charge in [0.15, 0.2) is 0 Å². The highest BCUT2D eigenvalue weighted by Gasteiger charge is 2.50. The minimum Gasteiger partial charge on any atom is -0.351 e. The summed E-state index contributed by atoms with van der Waals surface area (Å²) in [4.78, 5) is 32.3. The molecule has 1 unspecified atom stereocenters. The van der Waals surface area contributed by atoms with Gasteiger partial charge < -0.3 is 10.2 Å². The fraction of sp³-hybridized carbons (Fsp3) is 0.750. The molecule has 0 aromatic heterocycles. The van der Waals surface area contributed by atoms with Crippen molar-refractivity contribution in [2.45, 2.75) is 110 Å². The van der Waals surface area contributed by atoms with Crippen LogP contribution in [-0.4, -0.2) is 58.9 Å². The molecule has 1 N–H and O–H groups in total. The molecule has 0 bridgehead atoms. The van der Waals surface area contributed by atoms with Gasteiger partial charge in [-0.25, -0.2) is 4.39 Å². The molecule has 3 aliphatic rings. The van der Waals surface area contributed by atoms with Gasteiger partial charge in [0, 0.05) is 42.5 Å². The van der Waals surface area contributed by atoms with Crippen LogP contribution in [0.15, 0.2) is 24.3 Å². The zero-order valence-corrected chi connectivity index (χ0v) is 24.6. The van der Waals surface area contributed by atoms with E-state index in [0.29, 0.717) is 19.0 Å². The number of hydrogen-bond donors (Lipinski definition) is 1. The van der Waals surface area contributed by atoms with Gasteiger partial charge in [0.25, 0.3) is 0 Å². The van der Waals surface area contributed by atoms with Crippen molar-refractivity contribution in [2.75, 3.05) is 26.2 Å². The summed E-state index contributed by atoms with van der Waals surface area (Å²) in [5, 5.41) is 3.31. The van der Waals surface area contributed by atoms with E-state index in [-0.39, 0.29) is 46.0 Å². The average molecular weight is 528 g/mol. The van der Waals surface area contributed by atoms with Gasteiger partial charge in [-0.3, -0.25) is 14.5 Å². The molecule has 2 atom stereocenters. The molecule has 3 fully saturated rings. The number of nitrogens with one attached hydrogen (secondary N) is 1. The maximum Gasteiger partial charge on any atom is 0.227 e. The lowest BCUT2D eigenvalue weighted by molar-refractivity contribution is -0.149. The van der Waals surface area contributed by atoms with Crippen LogP contribution in [0.2, 0.25) is 0 Å². The normalized spacial score (nSPS) is 25.7. The van der Waals surface area contributed by atoms with Gasteiger partial charge in [-0.05, 0) is 104 Å². The smallest absolute Gasteiger partial charge is 0.227 e. The maximum atomic E-state index is 14.1. The molecule has 0 spiro atoms. The number of likely N-dealkylation sites (tertiary alicyclic amines) is 2. The zero-order valence-electron chi connectivity index (χ0n) is 24.6. The van der Waals surface area contributed by atoms with Crippen molar-refractivity contribution in [3.05, 3.63) is 35.6 Å². The van der Waals surface area contributed by atoms with Gasteiger partial charge in [-0.2, -0.15) is 0 Å². The van der Waals surface area contributed by atoms with E-state index in [1.165, 1.54) is 31.4 Å². The van der Waals surface area contributed by atoms with E-state index in [1.807, 2.05) is 17.0 Å². The van der Waals surface area contributed by atoms with Crippen LogP contribution in [0.5, 0.6) is 0 Å². The Labute approximate surface area is 229 Å². The Morgan fingerprint density at radius 2 is 1.50 bits per heavy atom. The third-order valence-electron chi connectivity index (χ3n) is 9.47. The summed E-state index contributed by atoms with van der Waals surface area (Å²) in [5.41, 5.74) is 0.403. The number of rotatable bonds is 4. The first-order valence-electron chi connectivity index (χ1n) is 14.9. The van der Waals surface area contributed by atoms with Crippen molar-refractivity contribution in [1.29, 1.82) is 0 Å². The summed E-state index contributed by atoms with van der Waals surface area (Å²) in [6.07, 6.45) is 8.17. The van der Waals surface area contributed by atoms with E-state index in [1.54, 1.807) is 0 Å².